The molecule has 1 heterocycles. The van der Waals surface area contributed by atoms with Crippen molar-refractivity contribution in [3.05, 3.63) is 0 Å². The molecular weight excluding hydrogens is 259 g/mol. The Kier molecular flexibility index (Phi) is 3.72. The lowest BCUT2D eigenvalue weighted by molar-refractivity contribution is -0.130. The molecule has 0 spiro atoms. The molecule has 1 aliphatic rings. The SMILES string of the molecule is N=P(O)(NS(=O)(=O)O)N1CCC[C@H](N)C1=O. The number of rotatable bonds is 3. The predicted molar refractivity (Wildman–Crippen MR) is 55.5 cm³/mol. The van der Waals surface area contributed by atoms with Gasteiger partial charge in [-0.05, 0) is 12.8 Å². The van der Waals surface area contributed by atoms with E-state index in [1.165, 1.54) is 4.49 Å². The van der Waals surface area contributed by atoms with E-state index in [9.17, 15) is 18.1 Å². The van der Waals surface area contributed by atoms with Crippen LogP contribution in [0.15, 0.2) is 0 Å². The minimum Gasteiger partial charge on any atom is -0.332 e. The van der Waals surface area contributed by atoms with Crippen LogP contribution in [0.5, 0.6) is 0 Å². The van der Waals surface area contributed by atoms with Crippen LogP contribution in [-0.2, 0) is 15.1 Å². The standard InChI is InChI=1S/C5H13N4O5PS/c6-4-2-1-3-9(5(4)10)15(7,11)8-16(12,13)14/h4H,1-3,6H2,(H3,7,8,11)(H,12,13,14)/t4-,15?/m0/s1. The summed E-state index contributed by atoms with van der Waals surface area (Å²) in [6.07, 6.45) is 0.877. The van der Waals surface area contributed by atoms with Gasteiger partial charge in [-0.25, -0.2) is 0 Å². The molecule has 1 aliphatic heterocycles. The number of nitrogens with zero attached hydrogens (tertiary/aromatic N) is 1. The largest absolute Gasteiger partial charge is 0.340 e. The summed E-state index contributed by atoms with van der Waals surface area (Å²) in [5.74, 6) is -0.701. The third-order valence-corrected chi connectivity index (χ3v) is 5.09. The van der Waals surface area contributed by atoms with Crippen LogP contribution in [0.2, 0.25) is 0 Å². The van der Waals surface area contributed by atoms with Gasteiger partial charge in [0.25, 0.3) is 7.58 Å². The predicted octanol–water partition coefficient (Wildman–Crippen LogP) is -1.15. The minimum atomic E-state index is -4.74. The first-order chi connectivity index (χ1) is 7.13. The smallest absolute Gasteiger partial charge is 0.332 e. The summed E-state index contributed by atoms with van der Waals surface area (Å²) in [7, 11) is -8.91. The normalized spacial score (nSPS) is 26.6. The van der Waals surface area contributed by atoms with Gasteiger partial charge in [0, 0.05) is 6.54 Å². The molecule has 1 unspecified atom stereocenters. The number of amides is 1. The van der Waals surface area contributed by atoms with Gasteiger partial charge in [0.2, 0.25) is 5.91 Å². The fourth-order valence-electron chi connectivity index (χ4n) is 1.38. The van der Waals surface area contributed by atoms with E-state index >= 15 is 0 Å². The van der Waals surface area contributed by atoms with Gasteiger partial charge in [0.05, 0.1) is 6.04 Å². The van der Waals surface area contributed by atoms with E-state index in [1.54, 1.807) is 0 Å². The molecular formula is C5H13N4O5PS. The monoisotopic (exact) mass is 272 g/mol. The van der Waals surface area contributed by atoms with Gasteiger partial charge < -0.3 is 10.6 Å². The molecule has 9 nitrogen and oxygen atoms in total. The fraction of sp³-hybridized carbons (Fsp3) is 0.800. The zero-order valence-corrected chi connectivity index (χ0v) is 9.91. The Morgan fingerprint density at radius 3 is 2.69 bits per heavy atom. The van der Waals surface area contributed by atoms with Crippen LogP contribution in [0.4, 0.5) is 0 Å². The van der Waals surface area contributed by atoms with Crippen molar-refractivity contribution in [3.8, 4) is 0 Å². The van der Waals surface area contributed by atoms with Crippen LogP contribution < -0.4 is 10.2 Å². The summed E-state index contributed by atoms with van der Waals surface area (Å²) in [6, 6.07) is -0.853. The number of hydrogen-bond acceptors (Lipinski definition) is 5. The van der Waals surface area contributed by atoms with Gasteiger partial charge >= 0.3 is 10.3 Å². The molecule has 1 rings (SSSR count). The molecule has 16 heavy (non-hydrogen) atoms. The van der Waals surface area contributed by atoms with Crippen molar-refractivity contribution < 1.29 is 22.7 Å². The summed E-state index contributed by atoms with van der Waals surface area (Å²) in [5, 5.41) is 7.36. The highest BCUT2D eigenvalue weighted by Crippen LogP contribution is 2.44. The maximum Gasteiger partial charge on any atom is 0.340 e. The van der Waals surface area contributed by atoms with E-state index in [0.717, 1.165) is 0 Å². The fourth-order valence-corrected chi connectivity index (χ4v) is 3.93. The van der Waals surface area contributed by atoms with E-state index in [4.69, 9.17) is 15.4 Å². The topological polar surface area (TPSA) is 157 Å². The molecule has 0 aromatic rings. The van der Waals surface area contributed by atoms with Gasteiger partial charge in [-0.15, -0.1) is 4.49 Å². The summed E-state index contributed by atoms with van der Waals surface area (Å²) in [4.78, 5) is 21.0. The molecule has 0 bridgehead atoms. The molecule has 94 valence electrons. The molecule has 2 atom stereocenters. The molecule has 0 saturated carbocycles. The van der Waals surface area contributed by atoms with Crippen LogP contribution >= 0.6 is 7.58 Å². The third kappa shape index (κ3) is 3.24. The molecule has 1 amide bonds. The lowest BCUT2D eigenvalue weighted by atomic mass is 10.1. The summed E-state index contributed by atoms with van der Waals surface area (Å²) in [5.41, 5.74) is 5.42. The number of nitrogens with two attached hydrogens (primary N) is 1. The van der Waals surface area contributed by atoms with E-state index in [1.807, 2.05) is 0 Å². The van der Waals surface area contributed by atoms with Crippen LogP contribution in [0.1, 0.15) is 12.8 Å². The van der Waals surface area contributed by atoms with Crippen molar-refractivity contribution in [2.24, 2.45) is 5.73 Å². The number of piperidine rings is 1. The van der Waals surface area contributed by atoms with Crippen molar-refractivity contribution in [1.29, 1.82) is 5.16 Å². The molecule has 0 aliphatic carbocycles. The second-order valence-electron chi connectivity index (χ2n) is 3.38. The van der Waals surface area contributed by atoms with Crippen molar-refractivity contribution in [3.63, 3.8) is 0 Å². The Hall–Kier alpha value is -0.510. The average molecular weight is 272 g/mol. The number of nitrogens with one attached hydrogen (secondary N) is 2. The maximum atomic E-state index is 11.5. The maximum absolute atomic E-state index is 11.5. The van der Waals surface area contributed by atoms with Crippen LogP contribution in [0.25, 0.3) is 0 Å². The minimum absolute atomic E-state index is 0.0306. The highest BCUT2D eigenvalue weighted by Gasteiger charge is 2.36. The molecule has 0 radical (unpaired) electrons. The number of carbonyl (C=O) groups is 1. The number of carbonyl (C=O) groups excluding carboxylic acids is 1. The zero-order valence-electron chi connectivity index (χ0n) is 8.20. The molecule has 1 fully saturated rings. The first-order valence-electron chi connectivity index (χ1n) is 4.34. The van der Waals surface area contributed by atoms with Crippen LogP contribution in [0, 0.1) is 5.16 Å². The molecule has 6 N–H and O–H groups in total. The third-order valence-electron chi connectivity index (χ3n) is 2.05. The quantitative estimate of drug-likeness (QED) is 0.322. The number of hydrogen-bond donors (Lipinski definition) is 5. The van der Waals surface area contributed by atoms with Crippen LogP contribution in [0.3, 0.4) is 0 Å². The first kappa shape index (κ1) is 13.6. The average Bonchev–Trinajstić information content (AvgIpc) is 2.05. The lowest BCUT2D eigenvalue weighted by Gasteiger charge is -2.34. The highest BCUT2D eigenvalue weighted by atomic mass is 32.2. The van der Waals surface area contributed by atoms with Gasteiger partial charge in [0.15, 0.2) is 0 Å². The van der Waals surface area contributed by atoms with Crippen molar-refractivity contribution in [2.75, 3.05) is 6.54 Å². The van der Waals surface area contributed by atoms with Crippen molar-refractivity contribution in [2.45, 2.75) is 18.9 Å². The summed E-state index contributed by atoms with van der Waals surface area (Å²) in [6.45, 7) is 0.0306. The molecule has 1 saturated heterocycles. The van der Waals surface area contributed by atoms with Gasteiger partial charge in [-0.1, -0.05) is 0 Å². The molecule has 0 aromatic heterocycles. The lowest BCUT2D eigenvalue weighted by Crippen LogP contribution is -2.48. The molecule has 11 heteroatoms. The van der Waals surface area contributed by atoms with E-state index < -0.39 is 29.8 Å². The Bertz CT molecular complexity index is 436. The molecule has 0 aromatic carbocycles. The van der Waals surface area contributed by atoms with Crippen molar-refractivity contribution >= 4 is 23.8 Å². The Morgan fingerprint density at radius 2 is 2.19 bits per heavy atom. The van der Waals surface area contributed by atoms with Crippen LogP contribution in [-0.4, -0.2) is 41.0 Å². The van der Waals surface area contributed by atoms with E-state index in [-0.39, 0.29) is 6.54 Å². The Labute approximate surface area is 92.5 Å². The Morgan fingerprint density at radius 1 is 1.62 bits per heavy atom. The zero-order chi connectivity index (χ0) is 12.6. The van der Waals surface area contributed by atoms with E-state index in [2.05, 4.69) is 0 Å². The van der Waals surface area contributed by atoms with Gasteiger partial charge in [-0.3, -0.25) is 19.2 Å². The van der Waals surface area contributed by atoms with Gasteiger partial charge in [0.1, 0.15) is 0 Å². The first-order valence-corrected chi connectivity index (χ1v) is 7.48. The Balaban J connectivity index is 2.91. The summed E-state index contributed by atoms with van der Waals surface area (Å²) < 4.78 is 31.5. The van der Waals surface area contributed by atoms with Gasteiger partial charge in [-0.2, -0.15) is 8.42 Å². The summed E-state index contributed by atoms with van der Waals surface area (Å²) >= 11 is 0. The second kappa shape index (κ2) is 4.40. The van der Waals surface area contributed by atoms with E-state index in [0.29, 0.717) is 17.5 Å². The highest BCUT2D eigenvalue weighted by molar-refractivity contribution is 7.90. The second-order valence-corrected chi connectivity index (χ2v) is 6.74. The van der Waals surface area contributed by atoms with Crippen molar-refractivity contribution in [1.82, 2.24) is 9.16 Å².